The highest BCUT2D eigenvalue weighted by Gasteiger charge is 2.12. The molecule has 0 spiro atoms. The number of fused-ring (bicyclic) bond motifs is 1. The second kappa shape index (κ2) is 5.95. The zero-order chi connectivity index (χ0) is 15.7. The van der Waals surface area contributed by atoms with Crippen molar-refractivity contribution in [2.45, 2.75) is 13.3 Å². The molecule has 0 aliphatic heterocycles. The van der Waals surface area contributed by atoms with Crippen LogP contribution >= 0.6 is 11.6 Å². The van der Waals surface area contributed by atoms with Crippen LogP contribution in [0.25, 0.3) is 22.2 Å². The Morgan fingerprint density at radius 3 is 2.68 bits per heavy atom. The Balaban J connectivity index is 2.28. The second-order valence-electron chi connectivity index (χ2n) is 5.25. The largest absolute Gasteiger partial charge is 0.506 e. The molecule has 0 aliphatic rings. The van der Waals surface area contributed by atoms with Crippen LogP contribution < -0.4 is 0 Å². The van der Waals surface area contributed by atoms with Crippen molar-refractivity contribution in [1.82, 2.24) is 4.98 Å². The lowest BCUT2D eigenvalue weighted by Gasteiger charge is -2.11. The lowest BCUT2D eigenvalue weighted by Crippen LogP contribution is -1.97. The number of hydrogen-bond donors (Lipinski definition) is 2. The number of nitrogens with zero attached hydrogens (tertiary/aromatic N) is 1. The summed E-state index contributed by atoms with van der Waals surface area (Å²) in [6, 6.07) is 13.1. The maximum atomic E-state index is 9.79. The third kappa shape index (κ3) is 2.54. The molecule has 0 radical (unpaired) electrons. The Labute approximate surface area is 133 Å². The van der Waals surface area contributed by atoms with Crippen molar-refractivity contribution in [3.63, 3.8) is 0 Å². The SMILES string of the molecule is Cc1cc(-c2cccc(O)c2Cl)nc2c(CCO)cccc12. The molecule has 0 fully saturated rings. The molecular weight excluding hydrogens is 298 g/mol. The van der Waals surface area contributed by atoms with Crippen molar-refractivity contribution in [2.75, 3.05) is 6.61 Å². The average Bonchev–Trinajstić information content (AvgIpc) is 2.51. The number of aryl methyl sites for hydroxylation is 1. The summed E-state index contributed by atoms with van der Waals surface area (Å²) in [7, 11) is 0. The third-order valence-electron chi connectivity index (χ3n) is 3.77. The van der Waals surface area contributed by atoms with Gasteiger partial charge in [-0.25, -0.2) is 4.98 Å². The predicted molar refractivity (Wildman–Crippen MR) is 89.4 cm³/mol. The molecule has 0 aliphatic carbocycles. The van der Waals surface area contributed by atoms with E-state index in [1.807, 2.05) is 37.3 Å². The molecule has 2 N–H and O–H groups in total. The summed E-state index contributed by atoms with van der Waals surface area (Å²) in [5.41, 5.74) is 4.37. The van der Waals surface area contributed by atoms with Crippen molar-refractivity contribution in [1.29, 1.82) is 0 Å². The highest BCUT2D eigenvalue weighted by molar-refractivity contribution is 6.34. The fourth-order valence-electron chi connectivity index (χ4n) is 2.65. The van der Waals surface area contributed by atoms with Crippen LogP contribution in [0.3, 0.4) is 0 Å². The number of rotatable bonds is 3. The van der Waals surface area contributed by atoms with Crippen LogP contribution in [0.15, 0.2) is 42.5 Å². The number of aromatic nitrogens is 1. The van der Waals surface area contributed by atoms with Crippen molar-refractivity contribution in [3.8, 4) is 17.0 Å². The topological polar surface area (TPSA) is 53.4 Å². The van der Waals surface area contributed by atoms with Gasteiger partial charge in [-0.05, 0) is 36.6 Å². The van der Waals surface area contributed by atoms with Crippen molar-refractivity contribution < 1.29 is 10.2 Å². The number of aliphatic hydroxyl groups is 1. The van der Waals surface area contributed by atoms with Crippen molar-refractivity contribution in [3.05, 3.63) is 58.6 Å². The molecule has 4 heteroatoms. The van der Waals surface area contributed by atoms with Crippen molar-refractivity contribution in [2.24, 2.45) is 0 Å². The molecule has 3 rings (SSSR count). The summed E-state index contributed by atoms with van der Waals surface area (Å²) in [6.45, 7) is 2.10. The molecule has 2 aromatic carbocycles. The quantitative estimate of drug-likeness (QED) is 0.765. The summed E-state index contributed by atoms with van der Waals surface area (Å²) < 4.78 is 0. The van der Waals surface area contributed by atoms with Crippen molar-refractivity contribution >= 4 is 22.5 Å². The number of phenolic OH excluding ortho intramolecular Hbond substituents is 1. The van der Waals surface area contributed by atoms with Gasteiger partial charge in [0.05, 0.1) is 16.2 Å². The average molecular weight is 314 g/mol. The van der Waals surface area contributed by atoms with Gasteiger partial charge >= 0.3 is 0 Å². The minimum atomic E-state index is 0.0439. The van der Waals surface area contributed by atoms with Crippen LogP contribution in [0.4, 0.5) is 0 Å². The van der Waals surface area contributed by atoms with Gasteiger partial charge < -0.3 is 10.2 Å². The summed E-state index contributed by atoms with van der Waals surface area (Å²) >= 11 is 6.20. The molecule has 0 amide bonds. The Bertz CT molecular complexity index is 846. The Morgan fingerprint density at radius 2 is 1.91 bits per heavy atom. The van der Waals surface area contributed by atoms with E-state index < -0.39 is 0 Å². The maximum absolute atomic E-state index is 9.79. The Kier molecular flexibility index (Phi) is 4.01. The lowest BCUT2D eigenvalue weighted by atomic mass is 10.0. The number of benzene rings is 2. The molecular formula is C18H16ClNO2. The first-order chi connectivity index (χ1) is 10.6. The minimum absolute atomic E-state index is 0.0439. The van der Waals surface area contributed by atoms with E-state index in [0.29, 0.717) is 17.0 Å². The monoisotopic (exact) mass is 313 g/mol. The number of para-hydroxylation sites is 1. The molecule has 0 unspecified atom stereocenters. The number of pyridine rings is 1. The smallest absolute Gasteiger partial charge is 0.134 e. The van der Waals surface area contributed by atoms with Gasteiger partial charge in [0, 0.05) is 17.6 Å². The Morgan fingerprint density at radius 1 is 1.14 bits per heavy atom. The first kappa shape index (κ1) is 14.8. The molecule has 112 valence electrons. The van der Waals surface area contributed by atoms with Gasteiger partial charge in [0.1, 0.15) is 5.75 Å². The highest BCUT2D eigenvalue weighted by atomic mass is 35.5. The summed E-state index contributed by atoms with van der Waals surface area (Å²) in [4.78, 5) is 4.72. The van der Waals surface area contributed by atoms with Gasteiger partial charge in [0.25, 0.3) is 0 Å². The fourth-order valence-corrected chi connectivity index (χ4v) is 2.88. The number of hydrogen-bond acceptors (Lipinski definition) is 3. The van der Waals surface area contributed by atoms with Crippen LogP contribution in [-0.4, -0.2) is 21.8 Å². The Hall–Kier alpha value is -2.10. The van der Waals surface area contributed by atoms with Crippen LogP contribution in [0.2, 0.25) is 5.02 Å². The molecule has 3 nitrogen and oxygen atoms in total. The molecule has 0 saturated carbocycles. The first-order valence-electron chi connectivity index (χ1n) is 7.09. The minimum Gasteiger partial charge on any atom is -0.506 e. The zero-order valence-electron chi connectivity index (χ0n) is 12.2. The van der Waals surface area contributed by atoms with E-state index in [-0.39, 0.29) is 12.4 Å². The van der Waals surface area contributed by atoms with E-state index in [2.05, 4.69) is 0 Å². The fraction of sp³-hybridized carbons (Fsp3) is 0.167. The normalized spacial score (nSPS) is 11.0. The highest BCUT2D eigenvalue weighted by Crippen LogP contribution is 2.35. The van der Waals surface area contributed by atoms with Gasteiger partial charge in [-0.15, -0.1) is 0 Å². The molecule has 22 heavy (non-hydrogen) atoms. The molecule has 3 aromatic rings. The zero-order valence-corrected chi connectivity index (χ0v) is 12.9. The number of phenols is 1. The molecule has 0 bridgehead atoms. The number of aliphatic hydroxyl groups excluding tert-OH is 1. The summed E-state index contributed by atoms with van der Waals surface area (Å²) in [5, 5.41) is 20.4. The van der Waals surface area contributed by atoms with E-state index in [1.165, 1.54) is 0 Å². The molecule has 0 atom stereocenters. The van der Waals surface area contributed by atoms with Gasteiger partial charge in [-0.1, -0.05) is 41.9 Å². The first-order valence-corrected chi connectivity index (χ1v) is 7.47. The maximum Gasteiger partial charge on any atom is 0.134 e. The van der Waals surface area contributed by atoms with Gasteiger partial charge in [0.15, 0.2) is 0 Å². The van der Waals surface area contributed by atoms with E-state index in [9.17, 15) is 10.2 Å². The summed E-state index contributed by atoms with van der Waals surface area (Å²) in [5.74, 6) is 0.0439. The third-order valence-corrected chi connectivity index (χ3v) is 4.16. The molecule has 0 saturated heterocycles. The van der Waals surface area contributed by atoms with E-state index in [4.69, 9.17) is 16.6 Å². The number of halogens is 1. The van der Waals surface area contributed by atoms with Gasteiger partial charge in [-0.2, -0.15) is 0 Å². The summed E-state index contributed by atoms with van der Waals surface area (Å²) in [6.07, 6.45) is 0.557. The van der Waals surface area contributed by atoms with E-state index in [0.717, 1.165) is 27.7 Å². The molecule has 1 aromatic heterocycles. The van der Waals surface area contributed by atoms with Crippen LogP contribution in [0.1, 0.15) is 11.1 Å². The molecule has 1 heterocycles. The van der Waals surface area contributed by atoms with Gasteiger partial charge in [-0.3, -0.25) is 0 Å². The van der Waals surface area contributed by atoms with Gasteiger partial charge in [0.2, 0.25) is 0 Å². The number of aromatic hydroxyl groups is 1. The van der Waals surface area contributed by atoms with Crippen LogP contribution in [0, 0.1) is 6.92 Å². The predicted octanol–water partition coefficient (Wildman–Crippen LogP) is 4.10. The second-order valence-corrected chi connectivity index (χ2v) is 5.63. The lowest BCUT2D eigenvalue weighted by molar-refractivity contribution is 0.300. The van der Waals surface area contributed by atoms with E-state index in [1.54, 1.807) is 12.1 Å². The standard InChI is InChI=1S/C18H16ClNO2/c1-11-10-15(14-6-3-7-16(22)17(14)19)20-18-12(8-9-21)4-2-5-13(11)18/h2-7,10,21-22H,8-9H2,1H3. The van der Waals surface area contributed by atoms with Crippen LogP contribution in [0.5, 0.6) is 5.75 Å². The van der Waals surface area contributed by atoms with Crippen LogP contribution in [-0.2, 0) is 6.42 Å². The van der Waals surface area contributed by atoms with E-state index >= 15 is 0 Å².